The molecule has 1 amide bonds. The molecule has 0 saturated heterocycles. The van der Waals surface area contributed by atoms with E-state index in [1.807, 2.05) is 31.2 Å². The molecule has 1 N–H and O–H groups in total. The lowest BCUT2D eigenvalue weighted by atomic mass is 10.2. The van der Waals surface area contributed by atoms with Crippen molar-refractivity contribution >= 4 is 33.2 Å². The second-order valence-electron chi connectivity index (χ2n) is 6.53. The summed E-state index contributed by atoms with van der Waals surface area (Å²) in [4.78, 5) is 12.7. The SMILES string of the molecule is CCC(C(=O)NCCOc1ccc(C)cc1)N(c1ccc(F)c(Cl)c1)S(C)(=O)=O. The maximum absolute atomic E-state index is 13.5. The van der Waals surface area contributed by atoms with Gasteiger partial charge in [-0.15, -0.1) is 0 Å². The van der Waals surface area contributed by atoms with Crippen LogP contribution in [-0.2, 0) is 14.8 Å². The Bertz CT molecular complexity index is 951. The molecule has 1 atom stereocenters. The van der Waals surface area contributed by atoms with Crippen LogP contribution >= 0.6 is 11.6 Å². The van der Waals surface area contributed by atoms with E-state index in [9.17, 15) is 17.6 Å². The van der Waals surface area contributed by atoms with Crippen LogP contribution in [0.15, 0.2) is 42.5 Å². The van der Waals surface area contributed by atoms with Crippen molar-refractivity contribution in [1.82, 2.24) is 5.32 Å². The minimum Gasteiger partial charge on any atom is -0.492 e. The topological polar surface area (TPSA) is 75.7 Å². The van der Waals surface area contributed by atoms with Crippen LogP contribution in [0.25, 0.3) is 0 Å². The molecule has 0 aliphatic carbocycles. The number of anilines is 1. The summed E-state index contributed by atoms with van der Waals surface area (Å²) in [5.41, 5.74) is 1.23. The molecule has 2 rings (SSSR count). The molecule has 0 radical (unpaired) electrons. The van der Waals surface area contributed by atoms with Gasteiger partial charge in [-0.25, -0.2) is 12.8 Å². The van der Waals surface area contributed by atoms with Gasteiger partial charge in [-0.1, -0.05) is 36.2 Å². The van der Waals surface area contributed by atoms with Gasteiger partial charge in [0.15, 0.2) is 0 Å². The average Bonchev–Trinajstić information content (AvgIpc) is 2.66. The summed E-state index contributed by atoms with van der Waals surface area (Å²) >= 11 is 5.79. The van der Waals surface area contributed by atoms with Crippen molar-refractivity contribution in [3.05, 3.63) is 58.9 Å². The summed E-state index contributed by atoms with van der Waals surface area (Å²) in [5, 5.41) is 2.46. The smallest absolute Gasteiger partial charge is 0.244 e. The van der Waals surface area contributed by atoms with Crippen LogP contribution in [0.3, 0.4) is 0 Å². The summed E-state index contributed by atoms with van der Waals surface area (Å²) < 4.78 is 44.7. The second kappa shape index (κ2) is 9.93. The van der Waals surface area contributed by atoms with Crippen LogP contribution in [0.4, 0.5) is 10.1 Å². The number of carbonyl (C=O) groups is 1. The Labute approximate surface area is 175 Å². The highest BCUT2D eigenvalue weighted by Crippen LogP contribution is 2.27. The Hall–Kier alpha value is -2.32. The molecule has 0 saturated carbocycles. The number of amides is 1. The van der Waals surface area contributed by atoms with Crippen molar-refractivity contribution in [2.45, 2.75) is 26.3 Å². The van der Waals surface area contributed by atoms with Crippen molar-refractivity contribution in [3.8, 4) is 5.75 Å². The molecule has 0 spiro atoms. The van der Waals surface area contributed by atoms with Crippen molar-refractivity contribution in [2.75, 3.05) is 23.7 Å². The zero-order chi connectivity index (χ0) is 21.6. The Morgan fingerprint density at radius 2 is 1.90 bits per heavy atom. The minimum absolute atomic E-state index is 0.122. The largest absolute Gasteiger partial charge is 0.492 e. The van der Waals surface area contributed by atoms with Crippen molar-refractivity contribution in [3.63, 3.8) is 0 Å². The first-order valence-electron chi connectivity index (χ1n) is 9.05. The van der Waals surface area contributed by atoms with Gasteiger partial charge in [0.25, 0.3) is 0 Å². The summed E-state index contributed by atoms with van der Waals surface area (Å²) in [6.45, 7) is 4.09. The number of aryl methyl sites for hydroxylation is 1. The molecular weight excluding hydrogens is 419 g/mol. The van der Waals surface area contributed by atoms with Crippen molar-refractivity contribution < 1.29 is 22.3 Å². The molecule has 29 heavy (non-hydrogen) atoms. The Morgan fingerprint density at radius 1 is 1.24 bits per heavy atom. The van der Waals surface area contributed by atoms with E-state index >= 15 is 0 Å². The second-order valence-corrected chi connectivity index (χ2v) is 8.80. The van der Waals surface area contributed by atoms with Crippen LogP contribution < -0.4 is 14.4 Å². The maximum Gasteiger partial charge on any atom is 0.244 e. The molecule has 2 aromatic rings. The van der Waals surface area contributed by atoms with Crippen molar-refractivity contribution in [2.24, 2.45) is 0 Å². The first kappa shape index (κ1) is 23.0. The van der Waals surface area contributed by atoms with Gasteiger partial charge in [-0.05, 0) is 43.7 Å². The molecule has 0 aliphatic rings. The molecule has 2 aromatic carbocycles. The van der Waals surface area contributed by atoms with Gasteiger partial charge in [0, 0.05) is 0 Å². The van der Waals surface area contributed by atoms with E-state index in [1.165, 1.54) is 12.1 Å². The quantitative estimate of drug-likeness (QED) is 0.603. The molecule has 0 aromatic heterocycles. The number of hydrogen-bond donors (Lipinski definition) is 1. The molecule has 0 bridgehead atoms. The Morgan fingerprint density at radius 3 is 2.45 bits per heavy atom. The van der Waals surface area contributed by atoms with Crippen LogP contribution in [-0.4, -0.2) is 39.8 Å². The van der Waals surface area contributed by atoms with Crippen LogP contribution in [0.2, 0.25) is 5.02 Å². The van der Waals surface area contributed by atoms with Crippen LogP contribution in [0.5, 0.6) is 5.75 Å². The third kappa shape index (κ3) is 6.33. The molecule has 158 valence electrons. The number of halogens is 2. The van der Waals surface area contributed by atoms with Crippen molar-refractivity contribution in [1.29, 1.82) is 0 Å². The number of ether oxygens (including phenoxy) is 1. The van der Waals surface area contributed by atoms with Crippen LogP contribution in [0.1, 0.15) is 18.9 Å². The fourth-order valence-electron chi connectivity index (χ4n) is 2.78. The summed E-state index contributed by atoms with van der Waals surface area (Å²) in [6, 6.07) is 10.0. The van der Waals surface area contributed by atoms with E-state index in [0.29, 0.717) is 5.75 Å². The third-order valence-electron chi connectivity index (χ3n) is 4.18. The zero-order valence-electron chi connectivity index (χ0n) is 16.5. The standard InChI is InChI=1S/C20H24ClFN2O4S/c1-4-19(20(25)23-11-12-28-16-8-5-14(2)6-9-16)24(29(3,26)27)15-7-10-18(22)17(21)13-15/h5-10,13,19H,4,11-12H2,1-3H3,(H,23,25). The maximum atomic E-state index is 13.5. The van der Waals surface area contributed by atoms with E-state index in [-0.39, 0.29) is 30.3 Å². The van der Waals surface area contributed by atoms with Gasteiger partial charge < -0.3 is 10.1 Å². The number of carbonyl (C=O) groups excluding carboxylic acids is 1. The third-order valence-corrected chi connectivity index (χ3v) is 5.65. The predicted octanol–water partition coefficient (Wildman–Crippen LogP) is 3.53. The van der Waals surface area contributed by atoms with E-state index in [4.69, 9.17) is 16.3 Å². The van der Waals surface area contributed by atoms with E-state index in [1.54, 1.807) is 6.92 Å². The van der Waals surface area contributed by atoms with E-state index < -0.39 is 27.8 Å². The van der Waals surface area contributed by atoms with Gasteiger partial charge in [0.1, 0.15) is 24.2 Å². The lowest BCUT2D eigenvalue weighted by molar-refractivity contribution is -0.122. The number of nitrogens with one attached hydrogen (secondary N) is 1. The molecule has 1 unspecified atom stereocenters. The number of sulfonamides is 1. The number of hydrogen-bond acceptors (Lipinski definition) is 4. The number of nitrogens with zero attached hydrogens (tertiary/aromatic N) is 1. The molecule has 0 fully saturated rings. The monoisotopic (exact) mass is 442 g/mol. The zero-order valence-corrected chi connectivity index (χ0v) is 18.1. The summed E-state index contributed by atoms with van der Waals surface area (Å²) in [7, 11) is -3.82. The molecular formula is C20H24ClFN2O4S. The lowest BCUT2D eigenvalue weighted by Crippen LogP contribution is -2.50. The number of rotatable bonds is 9. The number of benzene rings is 2. The lowest BCUT2D eigenvalue weighted by Gasteiger charge is -2.30. The van der Waals surface area contributed by atoms with Gasteiger partial charge >= 0.3 is 0 Å². The van der Waals surface area contributed by atoms with Gasteiger partial charge in [-0.3, -0.25) is 9.10 Å². The first-order chi connectivity index (χ1) is 13.6. The fraction of sp³-hybridized carbons (Fsp3) is 0.350. The molecule has 6 nitrogen and oxygen atoms in total. The van der Waals surface area contributed by atoms with Gasteiger partial charge in [0.05, 0.1) is 23.5 Å². The van der Waals surface area contributed by atoms with E-state index in [0.717, 1.165) is 22.2 Å². The van der Waals surface area contributed by atoms with Crippen LogP contribution in [0, 0.1) is 12.7 Å². The highest BCUT2D eigenvalue weighted by molar-refractivity contribution is 7.92. The highest BCUT2D eigenvalue weighted by Gasteiger charge is 2.31. The van der Waals surface area contributed by atoms with Gasteiger partial charge in [-0.2, -0.15) is 0 Å². The Kier molecular flexibility index (Phi) is 7.87. The highest BCUT2D eigenvalue weighted by atomic mass is 35.5. The molecule has 9 heteroatoms. The van der Waals surface area contributed by atoms with E-state index in [2.05, 4.69) is 5.32 Å². The average molecular weight is 443 g/mol. The summed E-state index contributed by atoms with van der Waals surface area (Å²) in [6.07, 6.45) is 1.20. The van der Waals surface area contributed by atoms with Gasteiger partial charge in [0.2, 0.25) is 15.9 Å². The molecule has 0 heterocycles. The summed E-state index contributed by atoms with van der Waals surface area (Å²) in [5.74, 6) is -0.476. The fourth-order valence-corrected chi connectivity index (χ4v) is 4.16. The minimum atomic E-state index is -3.82. The molecule has 0 aliphatic heterocycles. The first-order valence-corrected chi connectivity index (χ1v) is 11.3. The predicted molar refractivity (Wildman–Crippen MR) is 112 cm³/mol. The normalized spacial score (nSPS) is 12.3. The Balaban J connectivity index is 2.07.